The van der Waals surface area contributed by atoms with E-state index < -0.39 is 0 Å². The van der Waals surface area contributed by atoms with Crippen LogP contribution >= 0.6 is 24.0 Å². The number of aromatic nitrogens is 3. The number of guanidine groups is 1. The van der Waals surface area contributed by atoms with Crippen LogP contribution in [0.1, 0.15) is 24.4 Å². The molecule has 9 nitrogen and oxygen atoms in total. The number of pyridine rings is 1. The van der Waals surface area contributed by atoms with E-state index in [0.29, 0.717) is 36.3 Å². The van der Waals surface area contributed by atoms with E-state index in [1.807, 2.05) is 43.3 Å². The summed E-state index contributed by atoms with van der Waals surface area (Å²) in [5, 5.41) is 10.6. The number of rotatable bonds is 8. The van der Waals surface area contributed by atoms with Crippen molar-refractivity contribution in [3.63, 3.8) is 0 Å². The van der Waals surface area contributed by atoms with E-state index in [-0.39, 0.29) is 30.0 Å². The Morgan fingerprint density at radius 1 is 1.19 bits per heavy atom. The maximum Gasteiger partial charge on any atom is 0.276 e. The van der Waals surface area contributed by atoms with Gasteiger partial charge < -0.3 is 24.6 Å². The van der Waals surface area contributed by atoms with Crippen molar-refractivity contribution in [3.05, 3.63) is 54.0 Å². The summed E-state index contributed by atoms with van der Waals surface area (Å²) in [4.78, 5) is 12.9. The quantitative estimate of drug-likeness (QED) is 0.256. The molecule has 0 fully saturated rings. The van der Waals surface area contributed by atoms with Crippen LogP contribution in [0.25, 0.3) is 11.6 Å². The zero-order valence-electron chi connectivity index (χ0n) is 18.0. The monoisotopic (exact) mass is 538 g/mol. The predicted octanol–water partition coefficient (Wildman–Crippen LogP) is 3.24. The smallest absolute Gasteiger partial charge is 0.276 e. The third-order valence-corrected chi connectivity index (χ3v) is 4.47. The Labute approximate surface area is 198 Å². The Hall–Kier alpha value is -2.89. The number of benzene rings is 1. The van der Waals surface area contributed by atoms with Crippen molar-refractivity contribution < 1.29 is 14.0 Å². The van der Waals surface area contributed by atoms with Crippen molar-refractivity contribution in [3.8, 4) is 23.1 Å². The molecule has 2 N–H and O–H groups in total. The highest BCUT2D eigenvalue weighted by Gasteiger charge is 2.15. The van der Waals surface area contributed by atoms with E-state index in [1.54, 1.807) is 27.5 Å². The Balaban J connectivity index is 0.00000341. The van der Waals surface area contributed by atoms with Gasteiger partial charge in [-0.1, -0.05) is 11.2 Å². The zero-order chi connectivity index (χ0) is 21.3. The molecule has 0 aliphatic carbocycles. The van der Waals surface area contributed by atoms with Gasteiger partial charge in [-0.3, -0.25) is 9.98 Å². The maximum absolute atomic E-state index is 5.47. The summed E-state index contributed by atoms with van der Waals surface area (Å²) in [6.45, 7) is 2.62. The van der Waals surface area contributed by atoms with Crippen LogP contribution in [0.2, 0.25) is 0 Å². The molecule has 3 aromatic rings. The van der Waals surface area contributed by atoms with Gasteiger partial charge in [0.25, 0.3) is 5.89 Å². The molecule has 1 unspecified atom stereocenters. The average molecular weight is 538 g/mol. The molecule has 1 aromatic carbocycles. The first kappa shape index (κ1) is 24.4. The SMILES string of the molecule is CN=C(NCCc1noc(-c2ccccn2)n1)NC(C)c1cc(OC)ccc1OC.I. The molecule has 31 heavy (non-hydrogen) atoms. The molecule has 1 atom stereocenters. The molecule has 0 aliphatic rings. The average Bonchev–Trinajstić information content (AvgIpc) is 3.27. The minimum atomic E-state index is -0.0535. The van der Waals surface area contributed by atoms with Gasteiger partial charge in [-0.15, -0.1) is 24.0 Å². The fourth-order valence-corrected chi connectivity index (χ4v) is 2.90. The molecule has 2 aromatic heterocycles. The Morgan fingerprint density at radius 3 is 2.71 bits per heavy atom. The van der Waals surface area contributed by atoms with Crippen LogP contribution in [0.4, 0.5) is 0 Å². The summed E-state index contributed by atoms with van der Waals surface area (Å²) in [7, 11) is 5.01. The third-order valence-electron chi connectivity index (χ3n) is 4.47. The molecule has 166 valence electrons. The fourth-order valence-electron chi connectivity index (χ4n) is 2.90. The van der Waals surface area contributed by atoms with Crippen LogP contribution in [0.15, 0.2) is 52.1 Å². The second-order valence-electron chi connectivity index (χ2n) is 6.45. The number of hydrogen-bond donors (Lipinski definition) is 2. The summed E-state index contributed by atoms with van der Waals surface area (Å²) < 4.78 is 16.1. The zero-order valence-corrected chi connectivity index (χ0v) is 20.3. The van der Waals surface area contributed by atoms with Crippen LogP contribution in [-0.2, 0) is 6.42 Å². The first-order chi connectivity index (χ1) is 14.6. The second kappa shape index (κ2) is 12.1. The van der Waals surface area contributed by atoms with E-state index in [0.717, 1.165) is 17.1 Å². The Bertz CT molecular complexity index is 980. The Kier molecular flexibility index (Phi) is 9.50. The lowest BCUT2D eigenvalue weighted by atomic mass is 10.1. The molecule has 0 amide bonds. The molecule has 0 radical (unpaired) electrons. The third kappa shape index (κ3) is 6.54. The standard InChI is InChI=1S/C21H26N6O3.HI/c1-14(16-13-15(28-3)8-9-18(16)29-4)25-21(22-2)24-12-10-19-26-20(30-27-19)17-7-5-6-11-23-17;/h5-9,11,13-14H,10,12H2,1-4H3,(H2,22,24,25);1H. The van der Waals surface area contributed by atoms with Crippen LogP contribution in [0.5, 0.6) is 11.5 Å². The highest BCUT2D eigenvalue weighted by molar-refractivity contribution is 14.0. The Morgan fingerprint density at radius 2 is 2.03 bits per heavy atom. The highest BCUT2D eigenvalue weighted by atomic mass is 127. The van der Waals surface area contributed by atoms with Crippen molar-refractivity contribution in [1.82, 2.24) is 25.8 Å². The molecular formula is C21H27IN6O3. The molecule has 0 spiro atoms. The topological polar surface area (TPSA) is 107 Å². The lowest BCUT2D eigenvalue weighted by molar-refractivity contribution is 0.394. The van der Waals surface area contributed by atoms with Gasteiger partial charge in [0.05, 0.1) is 20.3 Å². The van der Waals surface area contributed by atoms with E-state index in [2.05, 4.69) is 30.8 Å². The van der Waals surface area contributed by atoms with Crippen molar-refractivity contribution in [2.45, 2.75) is 19.4 Å². The first-order valence-corrected chi connectivity index (χ1v) is 9.57. The van der Waals surface area contributed by atoms with Gasteiger partial charge in [0, 0.05) is 31.8 Å². The van der Waals surface area contributed by atoms with E-state index in [1.165, 1.54) is 0 Å². The normalized spacial score (nSPS) is 11.9. The van der Waals surface area contributed by atoms with Gasteiger partial charge >= 0.3 is 0 Å². The molecule has 10 heteroatoms. The van der Waals surface area contributed by atoms with E-state index in [9.17, 15) is 0 Å². The highest BCUT2D eigenvalue weighted by Crippen LogP contribution is 2.29. The van der Waals surface area contributed by atoms with Crippen molar-refractivity contribution in [2.24, 2.45) is 4.99 Å². The summed E-state index contributed by atoms with van der Waals surface area (Å²) in [5.74, 6) is 3.21. The maximum atomic E-state index is 5.47. The van der Waals surface area contributed by atoms with Crippen molar-refractivity contribution in [1.29, 1.82) is 0 Å². The van der Waals surface area contributed by atoms with Gasteiger partial charge in [-0.05, 0) is 37.3 Å². The van der Waals surface area contributed by atoms with Crippen molar-refractivity contribution in [2.75, 3.05) is 27.8 Å². The molecular weight excluding hydrogens is 511 g/mol. The number of methoxy groups -OCH3 is 2. The minimum absolute atomic E-state index is 0. The van der Waals surface area contributed by atoms with Crippen LogP contribution in [0.3, 0.4) is 0 Å². The van der Waals surface area contributed by atoms with E-state index >= 15 is 0 Å². The number of hydrogen-bond acceptors (Lipinski definition) is 7. The lowest BCUT2D eigenvalue weighted by Gasteiger charge is -2.20. The number of ether oxygens (including phenoxy) is 2. The molecule has 0 saturated heterocycles. The molecule has 0 aliphatic heterocycles. The predicted molar refractivity (Wildman–Crippen MR) is 129 cm³/mol. The van der Waals surface area contributed by atoms with Gasteiger partial charge in [0.2, 0.25) is 0 Å². The number of halogens is 1. The van der Waals surface area contributed by atoms with Crippen molar-refractivity contribution >= 4 is 29.9 Å². The molecule has 0 bridgehead atoms. The van der Waals surface area contributed by atoms with Crippen LogP contribution < -0.4 is 20.1 Å². The number of aliphatic imine (C=N–C) groups is 1. The first-order valence-electron chi connectivity index (χ1n) is 9.57. The van der Waals surface area contributed by atoms with Gasteiger partial charge in [-0.25, -0.2) is 0 Å². The van der Waals surface area contributed by atoms with Gasteiger partial charge in [0.15, 0.2) is 11.8 Å². The lowest BCUT2D eigenvalue weighted by Crippen LogP contribution is -2.39. The number of nitrogens with zero attached hydrogens (tertiary/aromatic N) is 4. The summed E-state index contributed by atoms with van der Waals surface area (Å²) >= 11 is 0. The largest absolute Gasteiger partial charge is 0.497 e. The second-order valence-corrected chi connectivity index (χ2v) is 6.45. The minimum Gasteiger partial charge on any atom is -0.497 e. The summed E-state index contributed by atoms with van der Waals surface area (Å²) in [5.41, 5.74) is 1.63. The molecule has 0 saturated carbocycles. The summed E-state index contributed by atoms with van der Waals surface area (Å²) in [6.07, 6.45) is 2.27. The van der Waals surface area contributed by atoms with Gasteiger partial charge in [0.1, 0.15) is 17.2 Å². The van der Waals surface area contributed by atoms with Crippen LogP contribution in [0, 0.1) is 0 Å². The number of nitrogens with one attached hydrogen (secondary N) is 2. The van der Waals surface area contributed by atoms with E-state index in [4.69, 9.17) is 14.0 Å². The van der Waals surface area contributed by atoms with Crippen LogP contribution in [-0.4, -0.2) is 48.9 Å². The molecule has 3 rings (SSSR count). The fraction of sp³-hybridized carbons (Fsp3) is 0.333. The summed E-state index contributed by atoms with van der Waals surface area (Å²) in [6, 6.07) is 11.2. The van der Waals surface area contributed by atoms with Gasteiger partial charge in [-0.2, -0.15) is 4.98 Å². The molecule has 2 heterocycles.